The smallest absolute Gasteiger partial charge is 0.400 e. The first-order valence-corrected chi connectivity index (χ1v) is 6.76. The number of rotatable bonds is 8. The molecular weight excluding hydrogens is 224 g/mol. The summed E-state index contributed by atoms with van der Waals surface area (Å²) < 4.78 is 11.5. The average Bonchev–Trinajstić information content (AvgIpc) is 2.40. The standard InChI is InChI=1S/C16H23O2/c1-4-7-12-17-15-11-9-10-14(6-3)16(15)18-13-8-5-2/h6,9-10H,3-5,7-8,12-13H2,1-2H3/q+1. The Morgan fingerprint density at radius 2 is 2.11 bits per heavy atom. The van der Waals surface area contributed by atoms with Crippen molar-refractivity contribution in [2.24, 2.45) is 0 Å². The van der Waals surface area contributed by atoms with E-state index >= 15 is 0 Å². The Bertz CT molecular complexity index is 393. The summed E-state index contributed by atoms with van der Waals surface area (Å²) in [6.45, 7) is 9.51. The maximum atomic E-state index is 5.80. The molecule has 0 saturated carbocycles. The molecule has 2 heteroatoms. The lowest BCUT2D eigenvalue weighted by Gasteiger charge is -2.06. The van der Waals surface area contributed by atoms with Crippen molar-refractivity contribution in [3.8, 4) is 0 Å². The van der Waals surface area contributed by atoms with Crippen molar-refractivity contribution in [2.45, 2.75) is 39.5 Å². The normalized spacial score (nSPS) is 16.4. The number of carbonyl (C=O) groups excluding carboxylic acids is 1. The van der Waals surface area contributed by atoms with Crippen LogP contribution in [0.5, 0.6) is 0 Å². The molecule has 18 heavy (non-hydrogen) atoms. The highest BCUT2D eigenvalue weighted by atomic mass is 16.5. The summed E-state index contributed by atoms with van der Waals surface area (Å²) in [6, 6.07) is 0. The van der Waals surface area contributed by atoms with E-state index in [0.717, 1.165) is 37.0 Å². The van der Waals surface area contributed by atoms with Crippen molar-refractivity contribution < 1.29 is 9.16 Å². The van der Waals surface area contributed by atoms with Crippen LogP contribution < -0.4 is 0 Å². The molecule has 0 heterocycles. The van der Waals surface area contributed by atoms with Gasteiger partial charge in [-0.1, -0.05) is 38.7 Å². The van der Waals surface area contributed by atoms with Crippen molar-refractivity contribution in [2.75, 3.05) is 13.2 Å². The van der Waals surface area contributed by atoms with E-state index in [2.05, 4.69) is 26.2 Å². The minimum atomic E-state index is 0.706. The van der Waals surface area contributed by atoms with Crippen LogP contribution in [0.1, 0.15) is 39.5 Å². The van der Waals surface area contributed by atoms with Crippen molar-refractivity contribution in [3.63, 3.8) is 0 Å². The predicted octanol–water partition coefficient (Wildman–Crippen LogP) is 3.87. The zero-order valence-electron chi connectivity index (χ0n) is 11.5. The SMILES string of the molecule is C=CC1=CC=C=C(OCCCC)C1=[O+]CCCC. The number of unbranched alkanes of at least 4 members (excludes halogenated alkanes) is 2. The number of allylic oxidation sites excluding steroid dienone is 3. The van der Waals surface area contributed by atoms with Gasteiger partial charge in [0, 0.05) is 6.42 Å². The maximum Gasteiger partial charge on any atom is 0.400 e. The van der Waals surface area contributed by atoms with Gasteiger partial charge in [0.25, 0.3) is 12.4 Å². The van der Waals surface area contributed by atoms with E-state index < -0.39 is 0 Å². The van der Waals surface area contributed by atoms with E-state index in [9.17, 15) is 0 Å². The molecule has 0 bridgehead atoms. The molecule has 0 amide bonds. The van der Waals surface area contributed by atoms with Crippen LogP contribution in [0.15, 0.2) is 41.9 Å². The summed E-state index contributed by atoms with van der Waals surface area (Å²) >= 11 is 0. The van der Waals surface area contributed by atoms with E-state index in [1.807, 2.05) is 12.2 Å². The van der Waals surface area contributed by atoms with Gasteiger partial charge >= 0.3 is 5.78 Å². The number of ketones is 1. The van der Waals surface area contributed by atoms with Gasteiger partial charge in [0.05, 0.1) is 12.2 Å². The van der Waals surface area contributed by atoms with Crippen molar-refractivity contribution in [1.29, 1.82) is 0 Å². The molecule has 0 spiro atoms. The molecular formula is C16H23O2+. The molecule has 0 saturated heterocycles. The first-order chi connectivity index (χ1) is 8.83. The molecule has 0 fully saturated rings. The van der Waals surface area contributed by atoms with Gasteiger partial charge in [-0.2, -0.15) is 0 Å². The molecule has 0 aromatic carbocycles. The first kappa shape index (κ1) is 14.5. The molecule has 0 radical (unpaired) electrons. The summed E-state index contributed by atoms with van der Waals surface area (Å²) in [5, 5.41) is 0. The fourth-order valence-electron chi connectivity index (χ4n) is 1.53. The molecule has 1 aliphatic rings. The van der Waals surface area contributed by atoms with E-state index in [1.165, 1.54) is 0 Å². The second-order valence-corrected chi connectivity index (χ2v) is 4.20. The summed E-state index contributed by atoms with van der Waals surface area (Å²) in [5.41, 5.74) is 4.07. The molecule has 0 aliphatic heterocycles. The molecule has 2 nitrogen and oxygen atoms in total. The Hall–Kier alpha value is -1.53. The summed E-state index contributed by atoms with van der Waals surface area (Å²) in [5.74, 6) is 1.48. The predicted molar refractivity (Wildman–Crippen MR) is 75.5 cm³/mol. The summed E-state index contributed by atoms with van der Waals surface area (Å²) in [4.78, 5) is 0. The second-order valence-electron chi connectivity index (χ2n) is 4.20. The third-order valence-corrected chi connectivity index (χ3v) is 2.65. The third kappa shape index (κ3) is 4.38. The van der Waals surface area contributed by atoms with E-state index in [4.69, 9.17) is 9.16 Å². The lowest BCUT2D eigenvalue weighted by atomic mass is 10.1. The monoisotopic (exact) mass is 247 g/mol. The highest BCUT2D eigenvalue weighted by molar-refractivity contribution is 6.09. The molecule has 0 aromatic heterocycles. The lowest BCUT2D eigenvalue weighted by Crippen LogP contribution is -2.14. The average molecular weight is 247 g/mol. The molecule has 1 aliphatic carbocycles. The zero-order valence-corrected chi connectivity index (χ0v) is 11.5. The Balaban J connectivity index is 2.76. The number of ether oxygens (including phenoxy) is 1. The molecule has 0 atom stereocenters. The van der Waals surface area contributed by atoms with Crippen molar-refractivity contribution in [3.05, 3.63) is 41.9 Å². The highest BCUT2D eigenvalue weighted by Crippen LogP contribution is 2.14. The molecule has 0 unspecified atom stereocenters. The van der Waals surface area contributed by atoms with Gasteiger partial charge in [-0.25, -0.2) is 4.42 Å². The van der Waals surface area contributed by atoms with Gasteiger partial charge < -0.3 is 4.74 Å². The van der Waals surface area contributed by atoms with Crippen molar-refractivity contribution >= 4 is 5.78 Å². The van der Waals surface area contributed by atoms with E-state index in [0.29, 0.717) is 19.0 Å². The van der Waals surface area contributed by atoms with E-state index in [1.54, 1.807) is 6.08 Å². The van der Waals surface area contributed by atoms with Crippen LogP contribution in [0.4, 0.5) is 0 Å². The van der Waals surface area contributed by atoms with Crippen molar-refractivity contribution in [1.82, 2.24) is 0 Å². The van der Waals surface area contributed by atoms with Gasteiger partial charge in [-0.15, -0.1) is 0 Å². The van der Waals surface area contributed by atoms with Gasteiger partial charge in [-0.05, 0) is 25.0 Å². The quantitative estimate of drug-likeness (QED) is 0.362. The van der Waals surface area contributed by atoms with Crippen LogP contribution in [0.3, 0.4) is 0 Å². The molecule has 1 rings (SSSR count). The fraction of sp³-hybridized carbons (Fsp3) is 0.500. The van der Waals surface area contributed by atoms with Gasteiger partial charge in [0.1, 0.15) is 0 Å². The van der Waals surface area contributed by atoms with Crippen LogP contribution in [0.25, 0.3) is 0 Å². The second kappa shape index (κ2) is 8.54. The van der Waals surface area contributed by atoms with Crippen LogP contribution in [0, 0.1) is 0 Å². The molecule has 0 aromatic rings. The minimum absolute atomic E-state index is 0.706. The summed E-state index contributed by atoms with van der Waals surface area (Å²) in [6.07, 6.45) is 9.91. The van der Waals surface area contributed by atoms with Gasteiger partial charge in [-0.3, -0.25) is 0 Å². The van der Waals surface area contributed by atoms with E-state index in [-0.39, 0.29) is 0 Å². The van der Waals surface area contributed by atoms with Crippen LogP contribution in [-0.4, -0.2) is 19.0 Å². The largest absolute Gasteiger partial charge is 0.479 e. The zero-order chi connectivity index (χ0) is 13.2. The van der Waals surface area contributed by atoms with Crippen LogP contribution >= 0.6 is 0 Å². The highest BCUT2D eigenvalue weighted by Gasteiger charge is 2.25. The Morgan fingerprint density at radius 3 is 2.78 bits per heavy atom. The topological polar surface area (TPSA) is 20.5 Å². The number of hydrogen-bond acceptors (Lipinski definition) is 1. The lowest BCUT2D eigenvalue weighted by molar-refractivity contribution is -0.457. The Labute approximate surface area is 110 Å². The third-order valence-electron chi connectivity index (χ3n) is 2.65. The molecule has 0 N–H and O–H groups in total. The van der Waals surface area contributed by atoms with Gasteiger partial charge in [0.2, 0.25) is 0 Å². The maximum absolute atomic E-state index is 5.80. The Kier molecular flexibility index (Phi) is 6.90. The van der Waals surface area contributed by atoms with Crippen LogP contribution in [-0.2, 0) is 9.16 Å². The Morgan fingerprint density at radius 1 is 1.33 bits per heavy atom. The first-order valence-electron chi connectivity index (χ1n) is 6.76. The minimum Gasteiger partial charge on any atom is -0.479 e. The summed E-state index contributed by atoms with van der Waals surface area (Å²) in [7, 11) is 0. The number of hydrogen-bond donors (Lipinski definition) is 0. The van der Waals surface area contributed by atoms with Gasteiger partial charge in [0.15, 0.2) is 0 Å². The molecule has 98 valence electrons. The van der Waals surface area contributed by atoms with Crippen LogP contribution in [0.2, 0.25) is 0 Å². The fourth-order valence-corrected chi connectivity index (χ4v) is 1.53.